The van der Waals surface area contributed by atoms with Crippen molar-refractivity contribution >= 4 is 27.5 Å². The molecule has 0 amide bonds. The average molecular weight is 356 g/mol. The van der Waals surface area contributed by atoms with Crippen LogP contribution in [-0.4, -0.2) is 30.4 Å². The topological polar surface area (TPSA) is 95.8 Å². The van der Waals surface area contributed by atoms with Gasteiger partial charge in [-0.15, -0.1) is 0 Å². The first-order valence-corrected chi connectivity index (χ1v) is 7.11. The van der Waals surface area contributed by atoms with E-state index in [0.29, 0.717) is 30.8 Å². The maximum atomic E-state index is 11.9. The summed E-state index contributed by atoms with van der Waals surface area (Å²) >= 11 is 3.23. The number of aryl methyl sites for hydroxylation is 2. The number of nitro groups is 1. The maximum Gasteiger partial charge on any atom is 0.312 e. The molecule has 0 N–H and O–H groups in total. The summed E-state index contributed by atoms with van der Waals surface area (Å²) < 4.78 is 3.58. The second-order valence-corrected chi connectivity index (χ2v) is 5.52. The van der Waals surface area contributed by atoms with Crippen molar-refractivity contribution in [2.24, 2.45) is 0 Å². The molecule has 0 radical (unpaired) electrons. The molecule has 112 valence electrons. The van der Waals surface area contributed by atoms with Crippen LogP contribution in [0.15, 0.2) is 16.9 Å². The Hall–Kier alpha value is -2.03. The van der Waals surface area contributed by atoms with E-state index < -0.39 is 4.92 Å². The second kappa shape index (κ2) is 6.17. The van der Waals surface area contributed by atoms with Gasteiger partial charge in [0.2, 0.25) is 5.91 Å². The Balaban J connectivity index is 1.96. The molecule has 0 saturated carbocycles. The van der Waals surface area contributed by atoms with Gasteiger partial charge in [-0.3, -0.25) is 19.6 Å². The van der Waals surface area contributed by atoms with Gasteiger partial charge in [0.25, 0.3) is 0 Å². The number of halogens is 1. The van der Waals surface area contributed by atoms with Crippen LogP contribution in [0.4, 0.5) is 5.69 Å². The van der Waals surface area contributed by atoms with Crippen molar-refractivity contribution in [2.75, 3.05) is 0 Å². The highest BCUT2D eigenvalue weighted by Gasteiger charge is 2.21. The molecule has 2 aromatic rings. The molecule has 0 spiro atoms. The number of aromatic nitrogens is 4. The molecule has 0 unspecified atom stereocenters. The highest BCUT2D eigenvalue weighted by Crippen LogP contribution is 2.22. The zero-order valence-electron chi connectivity index (χ0n) is 11.6. The summed E-state index contributed by atoms with van der Waals surface area (Å²) in [6, 6.07) is 0. The van der Waals surface area contributed by atoms with Gasteiger partial charge in [-0.2, -0.15) is 10.2 Å². The van der Waals surface area contributed by atoms with E-state index in [1.807, 2.05) is 0 Å². The second-order valence-electron chi connectivity index (χ2n) is 4.60. The molecule has 2 aromatic heterocycles. The summed E-state index contributed by atoms with van der Waals surface area (Å²) in [6.07, 6.45) is 3.97. The molecule has 9 heteroatoms. The molecule has 0 aliphatic rings. The van der Waals surface area contributed by atoms with Crippen LogP contribution in [0.25, 0.3) is 0 Å². The van der Waals surface area contributed by atoms with Crippen molar-refractivity contribution in [2.45, 2.75) is 33.2 Å². The molecule has 0 aliphatic heterocycles. The highest BCUT2D eigenvalue weighted by atomic mass is 79.9. The molecule has 0 saturated heterocycles. The quantitative estimate of drug-likeness (QED) is 0.606. The summed E-state index contributed by atoms with van der Waals surface area (Å²) in [5.74, 6) is -0.128. The van der Waals surface area contributed by atoms with Gasteiger partial charge in [0, 0.05) is 19.2 Å². The number of carbonyl (C=O) groups is 1. The lowest BCUT2D eigenvalue weighted by atomic mass is 10.3. The number of nitrogens with zero attached hydrogens (tertiary/aromatic N) is 5. The minimum absolute atomic E-state index is 0.0392. The largest absolute Gasteiger partial charge is 0.312 e. The van der Waals surface area contributed by atoms with E-state index in [4.69, 9.17) is 0 Å². The fourth-order valence-corrected chi connectivity index (χ4v) is 2.39. The van der Waals surface area contributed by atoms with Gasteiger partial charge in [0.1, 0.15) is 11.4 Å². The lowest BCUT2D eigenvalue weighted by Crippen LogP contribution is -2.12. The van der Waals surface area contributed by atoms with E-state index in [0.717, 1.165) is 4.47 Å². The van der Waals surface area contributed by atoms with Crippen LogP contribution in [0.2, 0.25) is 0 Å². The van der Waals surface area contributed by atoms with Gasteiger partial charge >= 0.3 is 5.69 Å². The first-order valence-electron chi connectivity index (χ1n) is 6.32. The Kier molecular flexibility index (Phi) is 4.51. The van der Waals surface area contributed by atoms with E-state index >= 15 is 0 Å². The average Bonchev–Trinajstić information content (AvgIpc) is 2.94. The smallest absolute Gasteiger partial charge is 0.273 e. The fraction of sp³-hybridized carbons (Fsp3) is 0.417. The van der Waals surface area contributed by atoms with Gasteiger partial charge < -0.3 is 0 Å². The van der Waals surface area contributed by atoms with Gasteiger partial charge in [-0.25, -0.2) is 4.68 Å². The molecule has 0 bridgehead atoms. The minimum atomic E-state index is -0.430. The van der Waals surface area contributed by atoms with Gasteiger partial charge in [0.05, 0.1) is 15.6 Å². The molecule has 21 heavy (non-hydrogen) atoms. The van der Waals surface area contributed by atoms with Crippen molar-refractivity contribution in [1.82, 2.24) is 19.6 Å². The van der Waals surface area contributed by atoms with E-state index in [2.05, 4.69) is 26.1 Å². The molecule has 0 aliphatic carbocycles. The molecule has 2 heterocycles. The normalized spacial score (nSPS) is 10.8. The molecule has 0 aromatic carbocycles. The number of rotatable bonds is 5. The summed E-state index contributed by atoms with van der Waals surface area (Å²) in [4.78, 5) is 22.3. The zero-order chi connectivity index (χ0) is 15.6. The highest BCUT2D eigenvalue weighted by molar-refractivity contribution is 9.10. The van der Waals surface area contributed by atoms with Crippen LogP contribution in [0, 0.1) is 24.0 Å². The minimum Gasteiger partial charge on any atom is -0.273 e. The summed E-state index contributed by atoms with van der Waals surface area (Å²) in [5.41, 5.74) is 0.934. The summed E-state index contributed by atoms with van der Waals surface area (Å²) in [6.45, 7) is 3.72. The van der Waals surface area contributed by atoms with Crippen LogP contribution < -0.4 is 0 Å². The van der Waals surface area contributed by atoms with Crippen LogP contribution in [0.5, 0.6) is 0 Å². The summed E-state index contributed by atoms with van der Waals surface area (Å²) in [5, 5.41) is 19.0. The standard InChI is InChI=1S/C12H14BrN5O3/c1-8-12(18(20)21)9(2)16(15-8)5-3-4-11(19)17-7-10(13)6-14-17/h6-7H,3-5H2,1-2H3. The first-order chi connectivity index (χ1) is 9.90. The molecular weight excluding hydrogens is 342 g/mol. The Morgan fingerprint density at radius 2 is 2.19 bits per heavy atom. The molecule has 8 nitrogen and oxygen atoms in total. The third kappa shape index (κ3) is 3.35. The fourth-order valence-electron chi connectivity index (χ4n) is 2.10. The predicted octanol–water partition coefficient (Wildman–Crippen LogP) is 2.49. The molecule has 0 atom stereocenters. The van der Waals surface area contributed by atoms with Crippen LogP contribution in [-0.2, 0) is 6.54 Å². The van der Waals surface area contributed by atoms with Gasteiger partial charge in [-0.1, -0.05) is 0 Å². The van der Waals surface area contributed by atoms with E-state index in [1.165, 1.54) is 4.68 Å². The van der Waals surface area contributed by atoms with Gasteiger partial charge in [-0.05, 0) is 36.2 Å². The van der Waals surface area contributed by atoms with Crippen molar-refractivity contribution < 1.29 is 9.72 Å². The third-order valence-electron chi connectivity index (χ3n) is 3.09. The van der Waals surface area contributed by atoms with E-state index in [-0.39, 0.29) is 11.6 Å². The van der Waals surface area contributed by atoms with E-state index in [1.54, 1.807) is 30.9 Å². The monoisotopic (exact) mass is 355 g/mol. The van der Waals surface area contributed by atoms with Crippen LogP contribution in [0.1, 0.15) is 29.0 Å². The zero-order valence-corrected chi connectivity index (χ0v) is 13.2. The summed E-state index contributed by atoms with van der Waals surface area (Å²) in [7, 11) is 0. The van der Waals surface area contributed by atoms with Crippen molar-refractivity contribution in [3.63, 3.8) is 0 Å². The van der Waals surface area contributed by atoms with E-state index in [9.17, 15) is 14.9 Å². The Labute approximate surface area is 129 Å². The number of hydrogen-bond donors (Lipinski definition) is 0. The van der Waals surface area contributed by atoms with Crippen molar-refractivity contribution in [1.29, 1.82) is 0 Å². The Morgan fingerprint density at radius 1 is 1.48 bits per heavy atom. The SMILES string of the molecule is Cc1nn(CCCC(=O)n2cc(Br)cn2)c(C)c1[N+](=O)[O-]. The van der Waals surface area contributed by atoms with Crippen molar-refractivity contribution in [3.8, 4) is 0 Å². The van der Waals surface area contributed by atoms with Crippen LogP contribution in [0.3, 0.4) is 0 Å². The van der Waals surface area contributed by atoms with Crippen LogP contribution >= 0.6 is 15.9 Å². The lowest BCUT2D eigenvalue weighted by Gasteiger charge is -2.03. The van der Waals surface area contributed by atoms with Gasteiger partial charge in [0.15, 0.2) is 0 Å². The lowest BCUT2D eigenvalue weighted by molar-refractivity contribution is -0.386. The number of hydrogen-bond acceptors (Lipinski definition) is 5. The number of carbonyl (C=O) groups excluding carboxylic acids is 1. The first kappa shape index (κ1) is 15.4. The third-order valence-corrected chi connectivity index (χ3v) is 3.50. The molecule has 0 fully saturated rings. The predicted molar refractivity (Wildman–Crippen MR) is 78.1 cm³/mol. The molecular formula is C12H14BrN5O3. The molecule has 2 rings (SSSR count). The maximum absolute atomic E-state index is 11.9. The van der Waals surface area contributed by atoms with Crippen molar-refractivity contribution in [3.05, 3.63) is 38.4 Å². The Morgan fingerprint density at radius 3 is 2.71 bits per heavy atom. The Bertz CT molecular complexity index is 691.